The first kappa shape index (κ1) is 15.4. The van der Waals surface area contributed by atoms with Crippen LogP contribution in [0.25, 0.3) is 0 Å². The van der Waals surface area contributed by atoms with Gasteiger partial charge in [-0.15, -0.1) is 0 Å². The maximum absolute atomic E-state index is 12.9. The molecule has 6 heteroatoms. The van der Waals surface area contributed by atoms with Crippen molar-refractivity contribution in [2.24, 2.45) is 23.2 Å². The average Bonchev–Trinajstić information content (AvgIpc) is 3.10. The minimum absolute atomic E-state index is 0.0243. The molecule has 128 valence electrons. The van der Waals surface area contributed by atoms with Crippen molar-refractivity contribution in [3.63, 3.8) is 0 Å². The van der Waals surface area contributed by atoms with E-state index in [-0.39, 0.29) is 23.3 Å². The number of piperidine rings is 1. The van der Waals surface area contributed by atoms with Gasteiger partial charge in [0.05, 0.1) is 11.8 Å². The van der Waals surface area contributed by atoms with Crippen LogP contribution in [0, 0.1) is 23.2 Å². The van der Waals surface area contributed by atoms with Gasteiger partial charge in [-0.25, -0.2) is 0 Å². The van der Waals surface area contributed by atoms with E-state index < -0.39 is 23.2 Å². The number of carboxylic acids is 1. The van der Waals surface area contributed by atoms with Gasteiger partial charge in [-0.05, 0) is 23.8 Å². The summed E-state index contributed by atoms with van der Waals surface area (Å²) in [6, 6.07) is 5.33. The SMILES string of the molecule is CC1(C)[C@@H](C(=O)O)[C@@H]1C(=O)N1C[C@H]2C[C@H](C1)c1cccc(=O)n1C2. The van der Waals surface area contributed by atoms with Crippen molar-refractivity contribution < 1.29 is 14.7 Å². The third-order valence-electron chi connectivity index (χ3n) is 6.15. The Morgan fingerprint density at radius 3 is 2.58 bits per heavy atom. The molecule has 3 aliphatic rings. The molecular weight excluding hydrogens is 308 g/mol. The van der Waals surface area contributed by atoms with E-state index in [0.29, 0.717) is 19.6 Å². The van der Waals surface area contributed by atoms with Gasteiger partial charge in [0.15, 0.2) is 0 Å². The number of hydrogen-bond acceptors (Lipinski definition) is 3. The molecule has 1 aromatic rings. The third kappa shape index (κ3) is 2.12. The van der Waals surface area contributed by atoms with Crippen LogP contribution < -0.4 is 5.56 Å². The summed E-state index contributed by atoms with van der Waals surface area (Å²) in [4.78, 5) is 38.1. The Morgan fingerprint density at radius 2 is 1.92 bits per heavy atom. The first-order valence-electron chi connectivity index (χ1n) is 8.52. The van der Waals surface area contributed by atoms with E-state index in [2.05, 4.69) is 0 Å². The smallest absolute Gasteiger partial charge is 0.307 e. The summed E-state index contributed by atoms with van der Waals surface area (Å²) < 4.78 is 1.84. The van der Waals surface area contributed by atoms with Crippen LogP contribution in [0.1, 0.15) is 31.9 Å². The maximum atomic E-state index is 12.9. The maximum Gasteiger partial charge on any atom is 0.307 e. The summed E-state index contributed by atoms with van der Waals surface area (Å²) in [5.41, 5.74) is 0.557. The fourth-order valence-electron chi connectivity index (χ4n) is 4.83. The molecule has 4 atom stereocenters. The molecule has 1 saturated heterocycles. The molecule has 0 unspecified atom stereocenters. The van der Waals surface area contributed by atoms with E-state index in [0.717, 1.165) is 12.1 Å². The zero-order valence-electron chi connectivity index (χ0n) is 13.9. The number of amides is 1. The fourth-order valence-corrected chi connectivity index (χ4v) is 4.83. The molecular formula is C18H22N2O4. The topological polar surface area (TPSA) is 79.6 Å². The Labute approximate surface area is 140 Å². The van der Waals surface area contributed by atoms with Crippen LogP contribution in [0.15, 0.2) is 23.0 Å². The standard InChI is InChI=1S/C18H22N2O4/c1-18(2)14(15(18)17(23)24)16(22)19-7-10-6-11(9-19)12-4-3-5-13(21)20(12)8-10/h3-5,10-11,14-15H,6-9H2,1-2H3,(H,23,24)/t10-,11-,14-,15-/m1/s1. The number of aliphatic carboxylic acids is 1. The lowest BCUT2D eigenvalue weighted by molar-refractivity contribution is -0.142. The molecule has 1 aromatic heterocycles. The molecule has 0 spiro atoms. The molecule has 1 N–H and O–H groups in total. The first-order valence-corrected chi connectivity index (χ1v) is 8.52. The van der Waals surface area contributed by atoms with Gasteiger partial charge in [-0.2, -0.15) is 0 Å². The predicted molar refractivity (Wildman–Crippen MR) is 86.5 cm³/mol. The van der Waals surface area contributed by atoms with Crippen molar-refractivity contribution in [1.29, 1.82) is 0 Å². The van der Waals surface area contributed by atoms with Gasteiger partial charge in [0.25, 0.3) is 5.56 Å². The number of fused-ring (bicyclic) bond motifs is 4. The van der Waals surface area contributed by atoms with Gasteiger partial charge in [0.2, 0.25) is 5.91 Å². The monoisotopic (exact) mass is 330 g/mol. The lowest BCUT2D eigenvalue weighted by atomic mass is 9.83. The summed E-state index contributed by atoms with van der Waals surface area (Å²) in [6.07, 6.45) is 0.990. The van der Waals surface area contributed by atoms with Crippen molar-refractivity contribution in [2.75, 3.05) is 13.1 Å². The molecule has 2 aliphatic heterocycles. The van der Waals surface area contributed by atoms with Crippen molar-refractivity contribution in [2.45, 2.75) is 32.7 Å². The van der Waals surface area contributed by atoms with E-state index in [4.69, 9.17) is 0 Å². The minimum atomic E-state index is -0.882. The molecule has 6 nitrogen and oxygen atoms in total. The summed E-state index contributed by atoms with van der Waals surface area (Å²) in [6.45, 7) is 5.56. The Kier molecular flexibility index (Phi) is 3.18. The number of likely N-dealkylation sites (tertiary alicyclic amines) is 1. The van der Waals surface area contributed by atoms with Crippen LogP contribution in [0.2, 0.25) is 0 Å². The molecule has 2 fully saturated rings. The minimum Gasteiger partial charge on any atom is -0.481 e. The van der Waals surface area contributed by atoms with E-state index in [1.807, 2.05) is 29.4 Å². The first-order chi connectivity index (χ1) is 11.3. The Bertz CT molecular complexity index is 781. The molecule has 24 heavy (non-hydrogen) atoms. The van der Waals surface area contributed by atoms with Crippen molar-refractivity contribution >= 4 is 11.9 Å². The van der Waals surface area contributed by atoms with Crippen LogP contribution in [-0.4, -0.2) is 39.5 Å². The van der Waals surface area contributed by atoms with E-state index >= 15 is 0 Å². The number of aromatic nitrogens is 1. The third-order valence-corrected chi connectivity index (χ3v) is 6.15. The van der Waals surface area contributed by atoms with Gasteiger partial charge in [-0.3, -0.25) is 14.4 Å². The summed E-state index contributed by atoms with van der Waals surface area (Å²) in [5, 5.41) is 9.32. The molecule has 1 saturated carbocycles. The molecule has 0 radical (unpaired) electrons. The van der Waals surface area contributed by atoms with Crippen molar-refractivity contribution in [1.82, 2.24) is 9.47 Å². The number of carbonyl (C=O) groups is 2. The molecule has 1 aliphatic carbocycles. The quantitative estimate of drug-likeness (QED) is 0.882. The Hall–Kier alpha value is -2.11. The van der Waals surface area contributed by atoms with Crippen LogP contribution in [0.3, 0.4) is 0 Å². The van der Waals surface area contributed by atoms with Gasteiger partial charge in [-0.1, -0.05) is 19.9 Å². The number of nitrogens with zero attached hydrogens (tertiary/aromatic N) is 2. The lowest BCUT2D eigenvalue weighted by Gasteiger charge is -2.43. The molecule has 1 amide bonds. The van der Waals surface area contributed by atoms with Gasteiger partial charge in [0.1, 0.15) is 0 Å². The predicted octanol–water partition coefficient (Wildman–Crippen LogP) is 1.15. The van der Waals surface area contributed by atoms with Gasteiger partial charge >= 0.3 is 5.97 Å². The van der Waals surface area contributed by atoms with Crippen LogP contribution >= 0.6 is 0 Å². The van der Waals surface area contributed by atoms with Crippen LogP contribution in [0.5, 0.6) is 0 Å². The summed E-state index contributed by atoms with van der Waals surface area (Å²) in [5.74, 6) is -1.49. The number of carboxylic acid groups (broad SMARTS) is 1. The number of pyridine rings is 1. The zero-order chi connectivity index (χ0) is 17.2. The molecule has 2 bridgehead atoms. The highest BCUT2D eigenvalue weighted by atomic mass is 16.4. The second-order valence-corrected chi connectivity index (χ2v) is 8.06. The van der Waals surface area contributed by atoms with Crippen molar-refractivity contribution in [3.8, 4) is 0 Å². The highest BCUT2D eigenvalue weighted by Crippen LogP contribution is 2.59. The van der Waals surface area contributed by atoms with E-state index in [1.54, 1.807) is 12.1 Å². The Morgan fingerprint density at radius 1 is 1.17 bits per heavy atom. The van der Waals surface area contributed by atoms with E-state index in [1.165, 1.54) is 0 Å². The lowest BCUT2D eigenvalue weighted by Crippen LogP contribution is -2.49. The second kappa shape index (κ2) is 4.94. The fraction of sp³-hybridized carbons (Fsp3) is 0.611. The number of rotatable bonds is 2. The normalized spacial score (nSPS) is 32.8. The van der Waals surface area contributed by atoms with E-state index in [9.17, 15) is 19.5 Å². The highest BCUT2D eigenvalue weighted by Gasteiger charge is 2.66. The zero-order valence-corrected chi connectivity index (χ0v) is 13.9. The number of carbonyl (C=O) groups excluding carboxylic acids is 1. The summed E-state index contributed by atoms with van der Waals surface area (Å²) >= 11 is 0. The summed E-state index contributed by atoms with van der Waals surface area (Å²) in [7, 11) is 0. The molecule has 3 heterocycles. The Balaban J connectivity index is 1.58. The van der Waals surface area contributed by atoms with Crippen LogP contribution in [-0.2, 0) is 16.1 Å². The highest BCUT2D eigenvalue weighted by molar-refractivity contribution is 5.91. The van der Waals surface area contributed by atoms with Gasteiger partial charge < -0.3 is 14.6 Å². The second-order valence-electron chi connectivity index (χ2n) is 8.06. The molecule has 4 rings (SSSR count). The van der Waals surface area contributed by atoms with Crippen LogP contribution in [0.4, 0.5) is 0 Å². The average molecular weight is 330 g/mol. The largest absolute Gasteiger partial charge is 0.481 e. The van der Waals surface area contributed by atoms with Crippen molar-refractivity contribution in [3.05, 3.63) is 34.2 Å². The number of hydrogen-bond donors (Lipinski definition) is 1. The van der Waals surface area contributed by atoms with Gasteiger partial charge in [0, 0.05) is 37.3 Å². The molecule has 0 aromatic carbocycles.